The van der Waals surface area contributed by atoms with E-state index in [0.29, 0.717) is 56.9 Å². The maximum atomic E-state index is 13.6. The van der Waals surface area contributed by atoms with Crippen LogP contribution in [0.2, 0.25) is 0 Å². The molecule has 0 unspecified atom stereocenters. The molecule has 0 aliphatic heterocycles. The Labute approximate surface area is 460 Å². The lowest BCUT2D eigenvalue weighted by atomic mass is 10.1. The molecule has 78 heavy (non-hydrogen) atoms. The van der Waals surface area contributed by atoms with Crippen LogP contribution in [-0.2, 0) is 28.6 Å². The van der Waals surface area contributed by atoms with Gasteiger partial charge in [-0.15, -0.1) is 0 Å². The fraction of sp³-hybridized carbons (Fsp3) is 0.429. The fourth-order valence-electron chi connectivity index (χ4n) is 7.79. The Hall–Kier alpha value is -7.68. The van der Waals surface area contributed by atoms with Crippen molar-refractivity contribution in [3.8, 4) is 34.5 Å². The van der Waals surface area contributed by atoms with Gasteiger partial charge in [0, 0.05) is 24.3 Å². The van der Waals surface area contributed by atoms with Gasteiger partial charge in [0.1, 0.15) is 23.0 Å². The van der Waals surface area contributed by atoms with Gasteiger partial charge in [0.05, 0.1) is 56.3 Å². The van der Waals surface area contributed by atoms with Crippen LogP contribution in [0.3, 0.4) is 0 Å². The van der Waals surface area contributed by atoms with E-state index in [1.54, 1.807) is 72.8 Å². The van der Waals surface area contributed by atoms with Crippen LogP contribution < -0.4 is 28.4 Å². The predicted octanol–water partition coefficient (Wildman–Crippen LogP) is 13.9. The van der Waals surface area contributed by atoms with Crippen LogP contribution in [0, 0.1) is 0 Å². The first-order valence-corrected chi connectivity index (χ1v) is 27.4. The Morgan fingerprint density at radius 3 is 0.859 bits per heavy atom. The molecule has 4 aromatic carbocycles. The largest absolute Gasteiger partial charge is 0.494 e. The highest BCUT2D eigenvalue weighted by atomic mass is 16.6. The second kappa shape index (κ2) is 38.8. The smallest absolute Gasteiger partial charge is 0.343 e. The van der Waals surface area contributed by atoms with E-state index in [0.717, 1.165) is 135 Å². The van der Waals surface area contributed by atoms with Crippen LogP contribution >= 0.6 is 0 Å². The molecule has 0 aliphatic rings. The first kappa shape index (κ1) is 62.9. The van der Waals surface area contributed by atoms with Gasteiger partial charge in [0.2, 0.25) is 0 Å². The fourth-order valence-corrected chi connectivity index (χ4v) is 7.79. The summed E-state index contributed by atoms with van der Waals surface area (Å²) >= 11 is 0. The van der Waals surface area contributed by atoms with E-state index in [4.69, 9.17) is 42.6 Å². The van der Waals surface area contributed by atoms with E-state index in [-0.39, 0.29) is 33.9 Å². The van der Waals surface area contributed by atoms with Gasteiger partial charge >= 0.3 is 35.8 Å². The second-order valence-electron chi connectivity index (χ2n) is 18.4. The van der Waals surface area contributed by atoms with E-state index < -0.39 is 35.8 Å². The normalized spacial score (nSPS) is 10.6. The summed E-state index contributed by atoms with van der Waals surface area (Å²) in [5.74, 6) is -1.70. The van der Waals surface area contributed by atoms with E-state index >= 15 is 0 Å². The number of ether oxygens (including phenoxy) is 9. The van der Waals surface area contributed by atoms with Crippen molar-refractivity contribution in [3.05, 3.63) is 146 Å². The zero-order valence-electron chi connectivity index (χ0n) is 45.2. The van der Waals surface area contributed by atoms with Crippen LogP contribution in [0.25, 0.3) is 0 Å². The zero-order chi connectivity index (χ0) is 55.8. The predicted molar refractivity (Wildman–Crippen MR) is 298 cm³/mol. The van der Waals surface area contributed by atoms with Crippen LogP contribution in [0.4, 0.5) is 0 Å². The molecule has 0 aromatic heterocycles. The Bertz CT molecular complexity index is 2440. The lowest BCUT2D eigenvalue weighted by molar-refractivity contribution is -0.138. The molecule has 0 N–H and O–H groups in total. The van der Waals surface area contributed by atoms with Gasteiger partial charge in [-0.05, 0) is 123 Å². The molecule has 0 fully saturated rings. The van der Waals surface area contributed by atoms with Crippen LogP contribution in [-0.4, -0.2) is 75.5 Å². The molecule has 0 aliphatic carbocycles. The first-order chi connectivity index (χ1) is 38.1. The lowest BCUT2D eigenvalue weighted by Gasteiger charge is -2.13. The third-order valence-electron chi connectivity index (χ3n) is 12.2. The van der Waals surface area contributed by atoms with E-state index in [2.05, 4.69) is 19.7 Å². The maximum absolute atomic E-state index is 13.6. The van der Waals surface area contributed by atoms with E-state index in [1.807, 2.05) is 0 Å². The summed E-state index contributed by atoms with van der Waals surface area (Å²) in [6.45, 7) is 13.0. The van der Waals surface area contributed by atoms with Gasteiger partial charge in [-0.1, -0.05) is 116 Å². The monoisotopic (exact) mass is 1070 g/mol. The summed E-state index contributed by atoms with van der Waals surface area (Å²) in [7, 11) is 0. The molecule has 0 amide bonds. The molecular weight excluding hydrogens is 997 g/mol. The highest BCUT2D eigenvalue weighted by Crippen LogP contribution is 2.34. The average Bonchev–Trinajstić information content (AvgIpc) is 3.48. The summed E-state index contributed by atoms with van der Waals surface area (Å²) in [6.07, 6.45) is 24.4. The SMILES string of the molecule is C=CC(=O)OCCCCCCCCCOc1ccc(C(=O)Oc2ccc(OC(=O)c3ccc(OCCCCCCCCCOC(=O)C=C)cc3)c(OC(=O)c3ccc(OCCCCCCCCCOC(=O)C=C)cc3)c2)cc1. The van der Waals surface area contributed by atoms with Gasteiger partial charge in [0.15, 0.2) is 11.5 Å². The van der Waals surface area contributed by atoms with Gasteiger partial charge in [-0.2, -0.15) is 0 Å². The molecule has 4 aromatic rings. The van der Waals surface area contributed by atoms with Crippen molar-refractivity contribution in [2.75, 3.05) is 39.6 Å². The van der Waals surface area contributed by atoms with Crippen LogP contribution in [0.5, 0.6) is 34.5 Å². The molecule has 0 bridgehead atoms. The second-order valence-corrected chi connectivity index (χ2v) is 18.4. The average molecular weight is 1080 g/mol. The lowest BCUT2D eigenvalue weighted by Crippen LogP contribution is -2.13. The van der Waals surface area contributed by atoms with Crippen molar-refractivity contribution >= 4 is 35.8 Å². The molecule has 0 heterocycles. The van der Waals surface area contributed by atoms with Crippen molar-refractivity contribution in [2.24, 2.45) is 0 Å². The number of unbranched alkanes of at least 4 members (excludes halogenated alkanes) is 18. The van der Waals surface area contributed by atoms with Gasteiger partial charge in [-0.3, -0.25) is 0 Å². The van der Waals surface area contributed by atoms with Crippen molar-refractivity contribution < 1.29 is 71.4 Å². The molecule has 0 radical (unpaired) electrons. The van der Waals surface area contributed by atoms with E-state index in [9.17, 15) is 28.8 Å². The highest BCUT2D eigenvalue weighted by molar-refractivity contribution is 5.94. The molecule has 420 valence electrons. The number of benzene rings is 4. The van der Waals surface area contributed by atoms with Crippen molar-refractivity contribution in [3.63, 3.8) is 0 Å². The van der Waals surface area contributed by atoms with Gasteiger partial charge in [-0.25, -0.2) is 28.8 Å². The Morgan fingerprint density at radius 1 is 0.295 bits per heavy atom. The van der Waals surface area contributed by atoms with Crippen LogP contribution in [0.15, 0.2) is 129 Å². The molecule has 0 spiro atoms. The molecule has 15 heteroatoms. The van der Waals surface area contributed by atoms with Crippen molar-refractivity contribution in [2.45, 2.75) is 135 Å². The first-order valence-electron chi connectivity index (χ1n) is 27.4. The molecule has 4 rings (SSSR count). The minimum Gasteiger partial charge on any atom is -0.494 e. The maximum Gasteiger partial charge on any atom is 0.343 e. The number of hydrogen-bond acceptors (Lipinski definition) is 15. The molecular formula is C63H78O15. The minimum absolute atomic E-state index is 0.0413. The van der Waals surface area contributed by atoms with E-state index in [1.165, 1.54) is 36.4 Å². The highest BCUT2D eigenvalue weighted by Gasteiger charge is 2.20. The summed E-state index contributed by atoms with van der Waals surface area (Å²) in [5.41, 5.74) is 0.696. The third kappa shape index (κ3) is 26.9. The van der Waals surface area contributed by atoms with Crippen molar-refractivity contribution in [1.82, 2.24) is 0 Å². The number of carbonyl (C=O) groups excluding carboxylic acids is 6. The summed E-state index contributed by atoms with van der Waals surface area (Å²) in [6, 6.07) is 23.8. The standard InChI is InChI=1S/C63H78O15/c1-4-58(64)73-45-25-19-13-7-10-16-22-42-70-52-34-28-49(29-35-52)61(67)76-55-40-41-56(77-62(68)50-30-36-53(37-31-50)71-43-23-17-11-8-14-20-26-46-74-59(65)5-2)57(48-55)78-63(69)51-32-38-54(39-33-51)72-44-24-18-12-9-15-21-27-47-75-60(66)6-3/h4-6,28-41,48H,1-3,7-27,42-47H2. The topological polar surface area (TPSA) is 185 Å². The van der Waals surface area contributed by atoms with Gasteiger partial charge in [0.25, 0.3) is 0 Å². The molecule has 0 saturated heterocycles. The quantitative estimate of drug-likeness (QED) is 0.0134. The summed E-state index contributed by atoms with van der Waals surface area (Å²) in [4.78, 5) is 73.8. The summed E-state index contributed by atoms with van der Waals surface area (Å²) in [5, 5.41) is 0. The Kier molecular flexibility index (Phi) is 31.3. The number of rotatable bonds is 42. The minimum atomic E-state index is -0.747. The van der Waals surface area contributed by atoms with Crippen LogP contribution in [0.1, 0.15) is 166 Å². The van der Waals surface area contributed by atoms with Gasteiger partial charge < -0.3 is 42.6 Å². The molecule has 0 saturated carbocycles. The zero-order valence-corrected chi connectivity index (χ0v) is 45.2. The molecule has 15 nitrogen and oxygen atoms in total. The Balaban J connectivity index is 1.28. The number of esters is 6. The Morgan fingerprint density at radius 2 is 0.551 bits per heavy atom. The van der Waals surface area contributed by atoms with Crippen molar-refractivity contribution in [1.29, 1.82) is 0 Å². The number of hydrogen-bond donors (Lipinski definition) is 0. The third-order valence-corrected chi connectivity index (χ3v) is 12.2. The molecule has 0 atom stereocenters. The number of carbonyl (C=O) groups is 6. The summed E-state index contributed by atoms with van der Waals surface area (Å²) < 4.78 is 50.0.